The number of rotatable bonds is 6. The minimum Gasteiger partial charge on any atom is -0.363 e. The molecule has 1 aliphatic carbocycles. The summed E-state index contributed by atoms with van der Waals surface area (Å²) in [5.41, 5.74) is 6.82. The van der Waals surface area contributed by atoms with E-state index in [0.29, 0.717) is 19.0 Å². The van der Waals surface area contributed by atoms with Crippen LogP contribution in [0.5, 0.6) is 0 Å². The van der Waals surface area contributed by atoms with E-state index in [1.165, 1.54) is 5.57 Å². The number of hydrogen-bond donors (Lipinski definition) is 3. The Morgan fingerprint density at radius 3 is 2.81 bits per heavy atom. The molecule has 21 heavy (non-hydrogen) atoms. The molecule has 4 N–H and O–H groups in total. The third-order valence-electron chi connectivity index (χ3n) is 3.22. The van der Waals surface area contributed by atoms with Crippen LogP contribution in [0.2, 0.25) is 0 Å². The SMILES string of the molecule is CC1=CCC(Nc2cc(N(C)C)nc(NCCN)n2)C=C1. The van der Waals surface area contributed by atoms with E-state index in [4.69, 9.17) is 5.73 Å². The van der Waals surface area contributed by atoms with Crippen LogP contribution in [0.25, 0.3) is 0 Å². The number of nitrogens with one attached hydrogen (secondary N) is 2. The lowest BCUT2D eigenvalue weighted by molar-refractivity contribution is 0.861. The quantitative estimate of drug-likeness (QED) is 0.738. The van der Waals surface area contributed by atoms with Crippen molar-refractivity contribution in [2.45, 2.75) is 19.4 Å². The molecule has 114 valence electrons. The van der Waals surface area contributed by atoms with Gasteiger partial charge in [-0.25, -0.2) is 0 Å². The minimum absolute atomic E-state index is 0.265. The van der Waals surface area contributed by atoms with Gasteiger partial charge in [-0.3, -0.25) is 0 Å². The highest BCUT2D eigenvalue weighted by atomic mass is 15.2. The van der Waals surface area contributed by atoms with E-state index in [1.807, 2.05) is 25.1 Å². The van der Waals surface area contributed by atoms with Gasteiger partial charge in [-0.15, -0.1) is 0 Å². The molecule has 0 fully saturated rings. The molecule has 1 heterocycles. The summed E-state index contributed by atoms with van der Waals surface area (Å²) in [6.45, 7) is 3.31. The van der Waals surface area contributed by atoms with Crippen molar-refractivity contribution < 1.29 is 0 Å². The van der Waals surface area contributed by atoms with E-state index < -0.39 is 0 Å². The third kappa shape index (κ3) is 4.46. The Labute approximate surface area is 126 Å². The van der Waals surface area contributed by atoms with E-state index in [9.17, 15) is 0 Å². The molecule has 2 rings (SSSR count). The highest BCUT2D eigenvalue weighted by Gasteiger charge is 2.11. The Bertz CT molecular complexity index is 535. The molecular formula is C15H24N6. The van der Waals surface area contributed by atoms with E-state index in [1.54, 1.807) is 0 Å². The fourth-order valence-electron chi connectivity index (χ4n) is 2.02. The first-order chi connectivity index (χ1) is 10.1. The molecule has 0 amide bonds. The lowest BCUT2D eigenvalue weighted by Crippen LogP contribution is -2.21. The van der Waals surface area contributed by atoms with Gasteiger partial charge in [0.2, 0.25) is 5.95 Å². The summed E-state index contributed by atoms with van der Waals surface area (Å²) < 4.78 is 0. The molecule has 6 nitrogen and oxygen atoms in total. The van der Waals surface area contributed by atoms with Crippen molar-refractivity contribution in [3.05, 3.63) is 29.9 Å². The Morgan fingerprint density at radius 2 is 2.19 bits per heavy atom. The monoisotopic (exact) mass is 288 g/mol. The standard InChI is InChI=1S/C15H24N6/c1-11-4-6-12(7-5-11)18-13-10-14(21(2)3)20-15(19-13)17-9-8-16/h4-6,10,12H,7-9,16H2,1-3H3,(H2,17,18,19,20). The first kappa shape index (κ1) is 15.3. The van der Waals surface area contributed by atoms with Gasteiger partial charge in [-0.05, 0) is 13.3 Å². The molecule has 0 aromatic carbocycles. The fraction of sp³-hybridized carbons (Fsp3) is 0.467. The molecule has 0 radical (unpaired) electrons. The molecule has 1 aromatic heterocycles. The van der Waals surface area contributed by atoms with E-state index in [0.717, 1.165) is 18.1 Å². The third-order valence-corrected chi connectivity index (χ3v) is 3.22. The highest BCUT2D eigenvalue weighted by Crippen LogP contribution is 2.19. The van der Waals surface area contributed by atoms with Crippen LogP contribution in [0, 0.1) is 0 Å². The van der Waals surface area contributed by atoms with E-state index in [-0.39, 0.29) is 6.04 Å². The summed E-state index contributed by atoms with van der Waals surface area (Å²) in [5, 5.41) is 6.56. The van der Waals surface area contributed by atoms with Crippen molar-refractivity contribution in [2.75, 3.05) is 42.7 Å². The number of allylic oxidation sites excluding steroid dienone is 2. The van der Waals surface area contributed by atoms with Crippen molar-refractivity contribution in [1.29, 1.82) is 0 Å². The summed E-state index contributed by atoms with van der Waals surface area (Å²) in [7, 11) is 3.93. The molecule has 0 bridgehead atoms. The van der Waals surface area contributed by atoms with Gasteiger partial charge in [0.25, 0.3) is 0 Å². The van der Waals surface area contributed by atoms with Crippen LogP contribution in [0.15, 0.2) is 29.9 Å². The van der Waals surface area contributed by atoms with Gasteiger partial charge in [0.15, 0.2) is 0 Å². The van der Waals surface area contributed by atoms with Crippen molar-refractivity contribution >= 4 is 17.6 Å². The molecule has 1 atom stereocenters. The van der Waals surface area contributed by atoms with Crippen molar-refractivity contribution in [3.63, 3.8) is 0 Å². The number of nitrogens with two attached hydrogens (primary N) is 1. The maximum absolute atomic E-state index is 5.51. The van der Waals surface area contributed by atoms with Crippen LogP contribution in [-0.2, 0) is 0 Å². The van der Waals surface area contributed by atoms with Crippen molar-refractivity contribution in [3.8, 4) is 0 Å². The van der Waals surface area contributed by atoms with Crippen molar-refractivity contribution in [2.24, 2.45) is 5.73 Å². The maximum Gasteiger partial charge on any atom is 0.226 e. The molecule has 0 saturated carbocycles. The Morgan fingerprint density at radius 1 is 1.38 bits per heavy atom. The zero-order chi connectivity index (χ0) is 15.2. The summed E-state index contributed by atoms with van der Waals surface area (Å²) in [6, 6.07) is 2.22. The molecule has 1 aliphatic rings. The highest BCUT2D eigenvalue weighted by molar-refractivity contribution is 5.54. The van der Waals surface area contributed by atoms with Gasteiger partial charge in [0.05, 0.1) is 0 Å². The minimum atomic E-state index is 0.265. The van der Waals surface area contributed by atoms with Gasteiger partial charge < -0.3 is 21.3 Å². The Balaban J connectivity index is 2.14. The average molecular weight is 288 g/mol. The molecule has 0 spiro atoms. The lowest BCUT2D eigenvalue weighted by atomic mass is 10.0. The number of aromatic nitrogens is 2. The number of anilines is 3. The van der Waals surface area contributed by atoms with Crippen LogP contribution in [-0.4, -0.2) is 43.2 Å². The second-order valence-electron chi connectivity index (χ2n) is 5.34. The Kier molecular flexibility index (Phi) is 5.16. The topological polar surface area (TPSA) is 79.1 Å². The summed E-state index contributed by atoms with van der Waals surface area (Å²) in [6.07, 6.45) is 7.48. The van der Waals surface area contributed by atoms with Gasteiger partial charge in [0.1, 0.15) is 11.6 Å². The second kappa shape index (κ2) is 7.08. The second-order valence-corrected chi connectivity index (χ2v) is 5.34. The van der Waals surface area contributed by atoms with Crippen molar-refractivity contribution in [1.82, 2.24) is 9.97 Å². The van der Waals surface area contributed by atoms with Crippen LogP contribution in [0.3, 0.4) is 0 Å². The van der Waals surface area contributed by atoms with Crippen LogP contribution >= 0.6 is 0 Å². The lowest BCUT2D eigenvalue weighted by Gasteiger charge is -2.20. The van der Waals surface area contributed by atoms with E-state index in [2.05, 4.69) is 45.8 Å². The number of hydrogen-bond acceptors (Lipinski definition) is 6. The molecular weight excluding hydrogens is 264 g/mol. The van der Waals surface area contributed by atoms with Gasteiger partial charge in [0, 0.05) is 39.3 Å². The van der Waals surface area contributed by atoms with Gasteiger partial charge in [-0.1, -0.05) is 23.8 Å². The summed E-state index contributed by atoms with van der Waals surface area (Å²) in [4.78, 5) is 10.9. The zero-order valence-electron chi connectivity index (χ0n) is 12.9. The molecule has 0 saturated heterocycles. The van der Waals surface area contributed by atoms with E-state index >= 15 is 0 Å². The average Bonchev–Trinajstić information content (AvgIpc) is 2.47. The zero-order valence-corrected chi connectivity index (χ0v) is 12.9. The first-order valence-electron chi connectivity index (χ1n) is 7.20. The predicted molar refractivity (Wildman–Crippen MR) is 88.8 cm³/mol. The number of nitrogens with zero attached hydrogens (tertiary/aromatic N) is 3. The first-order valence-corrected chi connectivity index (χ1v) is 7.20. The summed E-state index contributed by atoms with van der Waals surface area (Å²) >= 11 is 0. The summed E-state index contributed by atoms with van der Waals surface area (Å²) in [5.74, 6) is 2.27. The maximum atomic E-state index is 5.51. The smallest absolute Gasteiger partial charge is 0.226 e. The van der Waals surface area contributed by atoms with Crippen LogP contribution in [0.1, 0.15) is 13.3 Å². The largest absolute Gasteiger partial charge is 0.363 e. The molecule has 1 aromatic rings. The molecule has 6 heteroatoms. The molecule has 0 aliphatic heterocycles. The molecule has 1 unspecified atom stereocenters. The Hall–Kier alpha value is -2.08. The normalized spacial score (nSPS) is 17.3. The van der Waals surface area contributed by atoms with Crippen LogP contribution in [0.4, 0.5) is 17.6 Å². The predicted octanol–water partition coefficient (Wildman–Crippen LogP) is 1.60. The van der Waals surface area contributed by atoms with Crippen LogP contribution < -0.4 is 21.3 Å². The van der Waals surface area contributed by atoms with Gasteiger partial charge >= 0.3 is 0 Å². The fourth-order valence-corrected chi connectivity index (χ4v) is 2.02. The van der Waals surface area contributed by atoms with Gasteiger partial charge in [-0.2, -0.15) is 9.97 Å².